The molecule has 7 rings (SSSR count). The van der Waals surface area contributed by atoms with Crippen molar-refractivity contribution in [1.29, 1.82) is 0 Å². The molecule has 1 aromatic heterocycles. The van der Waals surface area contributed by atoms with Crippen molar-refractivity contribution in [2.45, 2.75) is 19.6 Å². The average molecular weight is 432 g/mol. The first-order valence-electron chi connectivity index (χ1n) is 10.4. The van der Waals surface area contributed by atoms with E-state index in [1.54, 1.807) is 0 Å². The molecule has 0 saturated carbocycles. The standard InChI is InChI=1S/C28H17NS2/c1-2-10-19-18(8-1)9-7-13-21(19)29-22-12-4-3-11-20(22)27-23(29)16-17-26-28(27)31-25-15-6-5-14-24(25)30-26/h1-17H. The summed E-state index contributed by atoms with van der Waals surface area (Å²) in [6, 6.07) is 37.4. The molecule has 5 aromatic carbocycles. The van der Waals surface area contributed by atoms with Crippen molar-refractivity contribution < 1.29 is 0 Å². The van der Waals surface area contributed by atoms with Gasteiger partial charge in [0.25, 0.3) is 0 Å². The summed E-state index contributed by atoms with van der Waals surface area (Å²) in [5, 5.41) is 5.21. The Morgan fingerprint density at radius 1 is 0.484 bits per heavy atom. The van der Waals surface area contributed by atoms with Gasteiger partial charge in [0.1, 0.15) is 0 Å². The number of fused-ring (bicyclic) bond motifs is 7. The minimum absolute atomic E-state index is 1.23. The molecule has 6 aromatic rings. The molecule has 0 aliphatic carbocycles. The van der Waals surface area contributed by atoms with E-state index >= 15 is 0 Å². The van der Waals surface area contributed by atoms with Crippen LogP contribution >= 0.6 is 23.5 Å². The van der Waals surface area contributed by atoms with E-state index in [0.29, 0.717) is 0 Å². The van der Waals surface area contributed by atoms with Crippen LogP contribution in [0.5, 0.6) is 0 Å². The first-order valence-corrected chi connectivity index (χ1v) is 12.0. The van der Waals surface area contributed by atoms with Crippen molar-refractivity contribution in [2.75, 3.05) is 0 Å². The summed E-state index contributed by atoms with van der Waals surface area (Å²) in [6.45, 7) is 0. The second-order valence-corrected chi connectivity index (χ2v) is 9.92. The highest BCUT2D eigenvalue weighted by Crippen LogP contribution is 2.52. The van der Waals surface area contributed by atoms with Gasteiger partial charge in [-0.1, -0.05) is 90.3 Å². The van der Waals surface area contributed by atoms with Gasteiger partial charge >= 0.3 is 0 Å². The molecule has 3 heteroatoms. The molecule has 0 radical (unpaired) electrons. The second kappa shape index (κ2) is 6.68. The fraction of sp³-hybridized carbons (Fsp3) is 0. The van der Waals surface area contributed by atoms with Gasteiger partial charge in [0.05, 0.1) is 16.7 Å². The zero-order chi connectivity index (χ0) is 20.4. The Bertz CT molecular complexity index is 1640. The van der Waals surface area contributed by atoms with Crippen molar-refractivity contribution in [3.63, 3.8) is 0 Å². The summed E-state index contributed by atoms with van der Waals surface area (Å²) in [7, 11) is 0. The molecule has 0 unspecified atom stereocenters. The van der Waals surface area contributed by atoms with Crippen LogP contribution in [-0.2, 0) is 0 Å². The van der Waals surface area contributed by atoms with Gasteiger partial charge in [-0.25, -0.2) is 0 Å². The molecule has 1 aliphatic heterocycles. The zero-order valence-electron chi connectivity index (χ0n) is 16.6. The first kappa shape index (κ1) is 17.5. The highest BCUT2D eigenvalue weighted by atomic mass is 32.2. The van der Waals surface area contributed by atoms with Gasteiger partial charge in [-0.2, -0.15) is 0 Å². The summed E-state index contributed by atoms with van der Waals surface area (Å²) in [4.78, 5) is 5.40. The van der Waals surface area contributed by atoms with E-state index in [4.69, 9.17) is 0 Å². The molecule has 2 heterocycles. The smallest absolute Gasteiger partial charge is 0.0553 e. The zero-order valence-corrected chi connectivity index (χ0v) is 18.2. The Morgan fingerprint density at radius 3 is 2.10 bits per heavy atom. The molecule has 0 fully saturated rings. The van der Waals surface area contributed by atoms with Crippen LogP contribution in [0.1, 0.15) is 0 Å². The van der Waals surface area contributed by atoms with Gasteiger partial charge in [0.15, 0.2) is 0 Å². The SMILES string of the molecule is c1ccc2c(c1)Sc1ccc3c(c1S2)c1ccccc1n3-c1cccc2ccccc12. The molecule has 0 amide bonds. The normalized spacial score (nSPS) is 12.9. The number of para-hydroxylation sites is 1. The second-order valence-electron chi connectivity index (χ2n) is 7.79. The van der Waals surface area contributed by atoms with Crippen molar-refractivity contribution in [3.05, 3.63) is 103 Å². The van der Waals surface area contributed by atoms with E-state index in [1.807, 2.05) is 23.5 Å². The maximum absolute atomic E-state index is 2.44. The molecular formula is C28H17NS2. The number of hydrogen-bond donors (Lipinski definition) is 0. The van der Waals surface area contributed by atoms with Crippen molar-refractivity contribution in [3.8, 4) is 5.69 Å². The van der Waals surface area contributed by atoms with Crippen LogP contribution in [0, 0.1) is 0 Å². The molecule has 1 nitrogen and oxygen atoms in total. The number of aromatic nitrogens is 1. The van der Waals surface area contributed by atoms with Gasteiger partial charge in [0, 0.05) is 35.7 Å². The molecule has 0 atom stereocenters. The topological polar surface area (TPSA) is 4.93 Å². The predicted octanol–water partition coefficient (Wildman–Crippen LogP) is 8.55. The Labute approximate surface area is 188 Å². The molecule has 0 spiro atoms. The third-order valence-electron chi connectivity index (χ3n) is 6.04. The maximum atomic E-state index is 2.44. The largest absolute Gasteiger partial charge is 0.309 e. The van der Waals surface area contributed by atoms with E-state index in [0.717, 1.165) is 0 Å². The number of nitrogens with zero attached hydrogens (tertiary/aromatic N) is 1. The van der Waals surface area contributed by atoms with E-state index in [-0.39, 0.29) is 0 Å². The number of hydrogen-bond acceptors (Lipinski definition) is 2. The van der Waals surface area contributed by atoms with Gasteiger partial charge in [-0.05, 0) is 41.8 Å². The molecule has 0 saturated heterocycles. The van der Waals surface area contributed by atoms with Crippen LogP contribution < -0.4 is 0 Å². The summed E-state index contributed by atoms with van der Waals surface area (Å²) in [6.07, 6.45) is 0. The van der Waals surface area contributed by atoms with Crippen LogP contribution in [0.3, 0.4) is 0 Å². The lowest BCUT2D eigenvalue weighted by Crippen LogP contribution is -1.96. The van der Waals surface area contributed by atoms with Crippen molar-refractivity contribution >= 4 is 56.1 Å². The molecule has 1 aliphatic rings. The van der Waals surface area contributed by atoms with Crippen LogP contribution in [0.2, 0.25) is 0 Å². The lowest BCUT2D eigenvalue weighted by molar-refractivity contribution is 1.16. The van der Waals surface area contributed by atoms with E-state index in [9.17, 15) is 0 Å². The van der Waals surface area contributed by atoms with Crippen molar-refractivity contribution in [1.82, 2.24) is 4.57 Å². The van der Waals surface area contributed by atoms with E-state index in [2.05, 4.69) is 108 Å². The molecular weight excluding hydrogens is 414 g/mol. The lowest BCUT2D eigenvalue weighted by Gasteiger charge is -2.19. The van der Waals surface area contributed by atoms with Crippen LogP contribution in [0.15, 0.2) is 123 Å². The van der Waals surface area contributed by atoms with Crippen LogP contribution in [-0.4, -0.2) is 4.57 Å². The van der Waals surface area contributed by atoms with Gasteiger partial charge in [-0.3, -0.25) is 0 Å². The summed E-state index contributed by atoms with van der Waals surface area (Å²) in [5.74, 6) is 0. The minimum atomic E-state index is 1.23. The number of rotatable bonds is 1. The third-order valence-corrected chi connectivity index (χ3v) is 8.64. The van der Waals surface area contributed by atoms with Gasteiger partial charge in [0.2, 0.25) is 0 Å². The molecule has 0 N–H and O–H groups in total. The Morgan fingerprint density at radius 2 is 1.19 bits per heavy atom. The van der Waals surface area contributed by atoms with Crippen LogP contribution in [0.4, 0.5) is 0 Å². The Hall–Kier alpha value is -3.14. The number of benzene rings is 5. The van der Waals surface area contributed by atoms with Gasteiger partial charge < -0.3 is 4.57 Å². The van der Waals surface area contributed by atoms with Gasteiger partial charge in [-0.15, -0.1) is 0 Å². The highest BCUT2D eigenvalue weighted by Gasteiger charge is 2.23. The summed E-state index contributed by atoms with van der Waals surface area (Å²) in [5.41, 5.74) is 3.76. The van der Waals surface area contributed by atoms with E-state index < -0.39 is 0 Å². The predicted molar refractivity (Wildman–Crippen MR) is 133 cm³/mol. The van der Waals surface area contributed by atoms with Crippen molar-refractivity contribution in [2.24, 2.45) is 0 Å². The fourth-order valence-corrected chi connectivity index (χ4v) is 7.10. The molecule has 0 bridgehead atoms. The van der Waals surface area contributed by atoms with E-state index in [1.165, 1.54) is 57.8 Å². The highest BCUT2D eigenvalue weighted by molar-refractivity contribution is 8.05. The van der Waals surface area contributed by atoms with Crippen LogP contribution in [0.25, 0.3) is 38.3 Å². The Balaban J connectivity index is 1.61. The minimum Gasteiger partial charge on any atom is -0.309 e. The monoisotopic (exact) mass is 431 g/mol. The average Bonchev–Trinajstić information content (AvgIpc) is 3.17. The molecule has 146 valence electrons. The summed E-state index contributed by atoms with van der Waals surface area (Å²) >= 11 is 3.79. The first-order chi connectivity index (χ1) is 15.4. The molecule has 31 heavy (non-hydrogen) atoms. The maximum Gasteiger partial charge on any atom is 0.0553 e. The third kappa shape index (κ3) is 2.54. The summed E-state index contributed by atoms with van der Waals surface area (Å²) < 4.78 is 2.44. The quantitative estimate of drug-likeness (QED) is 0.256. The lowest BCUT2D eigenvalue weighted by atomic mass is 10.1. The Kier molecular flexibility index (Phi) is 3.78. The fourth-order valence-electron chi connectivity index (χ4n) is 4.70.